The molecule has 0 unspecified atom stereocenters. The van der Waals surface area contributed by atoms with Crippen LogP contribution in [0.5, 0.6) is 0 Å². The fraction of sp³-hybridized carbons (Fsp3) is 0.250. The molecule has 1 aliphatic carbocycles. The molecule has 2 aromatic rings. The van der Waals surface area contributed by atoms with Crippen LogP contribution in [0.15, 0.2) is 29.0 Å². The molecule has 4 nitrogen and oxygen atoms in total. The smallest absolute Gasteiger partial charge is 0.166 e. The fourth-order valence-electron chi connectivity index (χ4n) is 2.09. The number of fused-ring (bicyclic) bond motifs is 1. The quantitative estimate of drug-likeness (QED) is 0.811. The molecule has 3 rings (SSSR count). The molecule has 0 saturated carbocycles. The minimum atomic E-state index is 0.189. The highest BCUT2D eigenvalue weighted by atomic mass is 79.9. The van der Waals surface area contributed by atoms with Gasteiger partial charge in [-0.25, -0.2) is 9.67 Å². The Morgan fingerprint density at radius 1 is 1.24 bits per heavy atom. The van der Waals surface area contributed by atoms with Crippen LogP contribution in [0.25, 0.3) is 5.82 Å². The van der Waals surface area contributed by atoms with Crippen molar-refractivity contribution in [1.82, 2.24) is 14.8 Å². The molecular weight excluding hydrogens is 282 g/mol. The van der Waals surface area contributed by atoms with Crippen molar-refractivity contribution in [1.29, 1.82) is 0 Å². The van der Waals surface area contributed by atoms with Gasteiger partial charge in [0.2, 0.25) is 0 Å². The number of aromatic nitrogens is 3. The monoisotopic (exact) mass is 291 g/mol. The van der Waals surface area contributed by atoms with Crippen LogP contribution >= 0.6 is 15.9 Å². The Kier molecular flexibility index (Phi) is 2.55. The lowest BCUT2D eigenvalue weighted by Gasteiger charge is -2.12. The van der Waals surface area contributed by atoms with E-state index in [1.165, 1.54) is 0 Å². The predicted octanol–water partition coefficient (Wildman–Crippen LogP) is 2.55. The zero-order chi connectivity index (χ0) is 11.8. The van der Waals surface area contributed by atoms with Crippen molar-refractivity contribution in [3.8, 4) is 5.82 Å². The highest BCUT2D eigenvalue weighted by molar-refractivity contribution is 9.10. The molecule has 17 heavy (non-hydrogen) atoms. The Bertz CT molecular complexity index is 574. The van der Waals surface area contributed by atoms with Gasteiger partial charge in [-0.05, 0) is 40.9 Å². The summed E-state index contributed by atoms with van der Waals surface area (Å²) in [4.78, 5) is 16.0. The van der Waals surface area contributed by atoms with Crippen LogP contribution in [0.2, 0.25) is 0 Å². The number of rotatable bonds is 1. The standard InChI is InChI=1S/C12H10BrN3O/c13-8-4-5-12(14-6-8)16-10-2-1-3-11(17)9(10)7-15-16/h4-7H,1-3H2. The maximum Gasteiger partial charge on any atom is 0.166 e. The van der Waals surface area contributed by atoms with Crippen molar-refractivity contribution in [2.45, 2.75) is 19.3 Å². The molecule has 0 bridgehead atoms. The van der Waals surface area contributed by atoms with Crippen molar-refractivity contribution in [2.24, 2.45) is 0 Å². The van der Waals surface area contributed by atoms with Gasteiger partial charge >= 0.3 is 0 Å². The van der Waals surface area contributed by atoms with Gasteiger partial charge < -0.3 is 0 Å². The van der Waals surface area contributed by atoms with Gasteiger partial charge in [0.25, 0.3) is 0 Å². The van der Waals surface area contributed by atoms with E-state index in [-0.39, 0.29) is 5.78 Å². The fourth-order valence-corrected chi connectivity index (χ4v) is 2.32. The molecular formula is C12H10BrN3O. The van der Waals surface area contributed by atoms with E-state index in [1.54, 1.807) is 17.1 Å². The lowest BCUT2D eigenvalue weighted by Crippen LogP contribution is -2.13. The molecule has 2 heterocycles. The lowest BCUT2D eigenvalue weighted by atomic mass is 9.97. The van der Waals surface area contributed by atoms with Crippen LogP contribution in [0, 0.1) is 0 Å². The highest BCUT2D eigenvalue weighted by Crippen LogP contribution is 2.23. The summed E-state index contributed by atoms with van der Waals surface area (Å²) in [6, 6.07) is 3.80. The van der Waals surface area contributed by atoms with Crippen LogP contribution in [0.1, 0.15) is 28.9 Å². The van der Waals surface area contributed by atoms with Gasteiger partial charge in [0.15, 0.2) is 11.6 Å². The van der Waals surface area contributed by atoms with E-state index in [1.807, 2.05) is 12.1 Å². The summed E-state index contributed by atoms with van der Waals surface area (Å²) in [5.74, 6) is 0.943. The molecule has 1 aliphatic rings. The first-order chi connectivity index (χ1) is 8.25. The van der Waals surface area contributed by atoms with Crippen LogP contribution in [-0.4, -0.2) is 20.5 Å². The molecule has 5 heteroatoms. The van der Waals surface area contributed by atoms with Gasteiger partial charge in [0.05, 0.1) is 17.5 Å². The molecule has 0 aliphatic heterocycles. The number of pyridine rings is 1. The normalized spacial score (nSPS) is 14.8. The predicted molar refractivity (Wildman–Crippen MR) is 66.3 cm³/mol. The number of ketones is 1. The van der Waals surface area contributed by atoms with Crippen molar-refractivity contribution < 1.29 is 4.79 Å². The number of carbonyl (C=O) groups excluding carboxylic acids is 1. The van der Waals surface area contributed by atoms with Crippen LogP contribution in [0.4, 0.5) is 0 Å². The molecule has 86 valence electrons. The number of hydrogen-bond acceptors (Lipinski definition) is 3. The number of halogens is 1. The summed E-state index contributed by atoms with van der Waals surface area (Å²) in [6.07, 6.45) is 5.80. The van der Waals surface area contributed by atoms with Crippen molar-refractivity contribution in [3.05, 3.63) is 40.3 Å². The maximum atomic E-state index is 11.7. The van der Waals surface area contributed by atoms with E-state index < -0.39 is 0 Å². The first kappa shape index (κ1) is 10.7. The zero-order valence-corrected chi connectivity index (χ0v) is 10.6. The van der Waals surface area contributed by atoms with E-state index in [9.17, 15) is 4.79 Å². The van der Waals surface area contributed by atoms with E-state index in [0.717, 1.165) is 34.4 Å². The highest BCUT2D eigenvalue weighted by Gasteiger charge is 2.22. The molecule has 0 atom stereocenters. The van der Waals surface area contributed by atoms with Gasteiger partial charge in [-0.15, -0.1) is 0 Å². The number of Topliss-reactive ketones (excluding diaryl/α,β-unsaturated/α-hetero) is 1. The lowest BCUT2D eigenvalue weighted by molar-refractivity contribution is 0.0972. The molecule has 0 saturated heterocycles. The van der Waals surface area contributed by atoms with Crippen LogP contribution < -0.4 is 0 Å². The van der Waals surface area contributed by atoms with Crippen molar-refractivity contribution >= 4 is 21.7 Å². The van der Waals surface area contributed by atoms with Crippen LogP contribution in [0.3, 0.4) is 0 Å². The average Bonchev–Trinajstić information content (AvgIpc) is 2.75. The molecule has 0 spiro atoms. The zero-order valence-electron chi connectivity index (χ0n) is 9.06. The molecule has 0 N–H and O–H groups in total. The Morgan fingerprint density at radius 2 is 2.12 bits per heavy atom. The second-order valence-corrected chi connectivity index (χ2v) is 4.94. The molecule has 2 aromatic heterocycles. The van der Waals surface area contributed by atoms with E-state index in [2.05, 4.69) is 26.0 Å². The Hall–Kier alpha value is -1.49. The van der Waals surface area contributed by atoms with Gasteiger partial charge in [-0.3, -0.25) is 4.79 Å². The third kappa shape index (κ3) is 1.80. The Labute approximate surface area is 107 Å². The summed E-state index contributed by atoms with van der Waals surface area (Å²) in [7, 11) is 0. The third-order valence-electron chi connectivity index (χ3n) is 2.92. The average molecular weight is 292 g/mol. The number of hydrogen-bond donors (Lipinski definition) is 0. The topological polar surface area (TPSA) is 47.8 Å². The summed E-state index contributed by atoms with van der Waals surface area (Å²) < 4.78 is 2.69. The number of nitrogens with zero attached hydrogens (tertiary/aromatic N) is 3. The van der Waals surface area contributed by atoms with Crippen LogP contribution in [-0.2, 0) is 6.42 Å². The van der Waals surface area contributed by atoms with Gasteiger partial charge in [-0.2, -0.15) is 5.10 Å². The minimum Gasteiger partial charge on any atom is -0.294 e. The maximum absolute atomic E-state index is 11.7. The second kappa shape index (κ2) is 4.07. The first-order valence-corrected chi connectivity index (χ1v) is 6.27. The molecule has 0 fully saturated rings. The van der Waals surface area contributed by atoms with Gasteiger partial charge in [-0.1, -0.05) is 0 Å². The Balaban J connectivity index is 2.10. The number of carbonyl (C=O) groups is 1. The van der Waals surface area contributed by atoms with Crippen molar-refractivity contribution in [2.75, 3.05) is 0 Å². The van der Waals surface area contributed by atoms with Gasteiger partial charge in [0.1, 0.15) is 0 Å². The summed E-state index contributed by atoms with van der Waals surface area (Å²) in [6.45, 7) is 0. The van der Waals surface area contributed by atoms with Gasteiger partial charge in [0, 0.05) is 17.1 Å². The molecule has 0 amide bonds. The second-order valence-electron chi connectivity index (χ2n) is 4.03. The Morgan fingerprint density at radius 3 is 2.88 bits per heavy atom. The van der Waals surface area contributed by atoms with E-state index >= 15 is 0 Å². The van der Waals surface area contributed by atoms with E-state index in [4.69, 9.17) is 0 Å². The summed E-state index contributed by atoms with van der Waals surface area (Å²) in [5.41, 5.74) is 1.73. The summed E-state index contributed by atoms with van der Waals surface area (Å²) >= 11 is 3.35. The SMILES string of the molecule is O=C1CCCc2c1cnn2-c1ccc(Br)cn1. The summed E-state index contributed by atoms with van der Waals surface area (Å²) in [5, 5.41) is 4.27. The third-order valence-corrected chi connectivity index (χ3v) is 3.38. The largest absolute Gasteiger partial charge is 0.294 e. The molecule has 0 radical (unpaired) electrons. The van der Waals surface area contributed by atoms with Crippen molar-refractivity contribution in [3.63, 3.8) is 0 Å². The first-order valence-electron chi connectivity index (χ1n) is 5.48. The minimum absolute atomic E-state index is 0.189. The van der Waals surface area contributed by atoms with E-state index in [0.29, 0.717) is 6.42 Å². The molecule has 0 aromatic carbocycles.